The third kappa shape index (κ3) is 3.42. The minimum atomic E-state index is -0.510. The van der Waals surface area contributed by atoms with E-state index >= 15 is 0 Å². The van der Waals surface area contributed by atoms with Crippen LogP contribution in [0.1, 0.15) is 44.5 Å². The maximum absolute atomic E-state index is 7.15. The number of benzene rings is 9. The molecule has 254 valence electrons. The largest absolute Gasteiger partial charge is 0.456 e. The molecule has 1 heterocycles. The van der Waals surface area contributed by atoms with Gasteiger partial charge in [0, 0.05) is 16.7 Å². The molecule has 2 spiro atoms. The van der Waals surface area contributed by atoms with Crippen LogP contribution in [-0.2, 0) is 10.8 Å². The van der Waals surface area contributed by atoms with Crippen LogP contribution in [0.25, 0.3) is 55.3 Å². The van der Waals surface area contributed by atoms with Gasteiger partial charge in [0.05, 0.1) is 10.8 Å². The van der Waals surface area contributed by atoms with Crippen LogP contribution in [-0.4, -0.2) is 0 Å². The summed E-state index contributed by atoms with van der Waals surface area (Å²) < 4.78 is 7.15. The van der Waals surface area contributed by atoms with Gasteiger partial charge in [-0.25, -0.2) is 0 Å². The van der Waals surface area contributed by atoms with Gasteiger partial charge >= 0.3 is 0 Å². The van der Waals surface area contributed by atoms with E-state index in [1.165, 1.54) is 88.7 Å². The zero-order valence-electron chi connectivity index (χ0n) is 29.9. The molecule has 0 fully saturated rings. The SMILES string of the molecule is c1ccc2c(c1)Oc1c(-c3ccc4c(c3)C3(c5ccccc5-c5ccccc53)c3ccc5ccccc5c3-4)cccc1C21c2ccccc2-c2ccccc21. The zero-order chi connectivity index (χ0) is 35.9. The van der Waals surface area contributed by atoms with E-state index in [0.29, 0.717) is 0 Å². The molecular weight excluding hydrogens is 665 g/mol. The van der Waals surface area contributed by atoms with Crippen molar-refractivity contribution in [3.63, 3.8) is 0 Å². The van der Waals surface area contributed by atoms with Gasteiger partial charge in [-0.05, 0) is 95.2 Å². The Morgan fingerprint density at radius 2 is 0.818 bits per heavy atom. The highest BCUT2D eigenvalue weighted by Gasteiger charge is 2.53. The number of para-hydroxylation sites is 2. The molecule has 0 bridgehead atoms. The minimum absolute atomic E-state index is 0.454. The maximum atomic E-state index is 7.15. The summed E-state index contributed by atoms with van der Waals surface area (Å²) in [5.74, 6) is 1.83. The summed E-state index contributed by atoms with van der Waals surface area (Å²) in [6.45, 7) is 0. The van der Waals surface area contributed by atoms with Crippen molar-refractivity contribution >= 4 is 10.8 Å². The number of hydrogen-bond donors (Lipinski definition) is 0. The Bertz CT molecular complexity index is 3050. The molecule has 0 radical (unpaired) electrons. The van der Waals surface area contributed by atoms with Crippen molar-refractivity contribution in [3.05, 3.63) is 239 Å². The first-order valence-electron chi connectivity index (χ1n) is 19.3. The Morgan fingerprint density at radius 1 is 0.309 bits per heavy atom. The van der Waals surface area contributed by atoms with Crippen molar-refractivity contribution in [1.29, 1.82) is 0 Å². The first-order chi connectivity index (χ1) is 27.3. The predicted octanol–water partition coefficient (Wildman–Crippen LogP) is 13.3. The number of ether oxygens (including phenoxy) is 1. The Kier molecular flexibility index (Phi) is 5.56. The Labute approximate surface area is 319 Å². The lowest BCUT2D eigenvalue weighted by Crippen LogP contribution is -2.32. The third-order valence-electron chi connectivity index (χ3n) is 13.2. The van der Waals surface area contributed by atoms with Gasteiger partial charge in [0.25, 0.3) is 0 Å². The van der Waals surface area contributed by atoms with Crippen LogP contribution in [0.5, 0.6) is 11.5 Å². The van der Waals surface area contributed by atoms with Gasteiger partial charge in [0.15, 0.2) is 0 Å². The van der Waals surface area contributed by atoms with E-state index in [1.54, 1.807) is 0 Å². The molecule has 3 aliphatic carbocycles. The molecule has 1 heteroatoms. The van der Waals surface area contributed by atoms with Crippen molar-refractivity contribution in [2.45, 2.75) is 10.8 Å². The van der Waals surface area contributed by atoms with Gasteiger partial charge in [0.1, 0.15) is 11.5 Å². The van der Waals surface area contributed by atoms with Crippen molar-refractivity contribution in [2.24, 2.45) is 0 Å². The molecule has 0 atom stereocenters. The summed E-state index contributed by atoms with van der Waals surface area (Å²) in [5, 5.41) is 2.56. The second-order valence-electron chi connectivity index (χ2n) is 15.4. The zero-order valence-corrected chi connectivity index (χ0v) is 29.9. The summed E-state index contributed by atoms with van der Waals surface area (Å²) in [4.78, 5) is 0. The van der Waals surface area contributed by atoms with E-state index in [1.807, 2.05) is 0 Å². The summed E-state index contributed by atoms with van der Waals surface area (Å²) in [5.41, 5.74) is 19.5. The van der Waals surface area contributed by atoms with Crippen LogP contribution in [0.3, 0.4) is 0 Å². The van der Waals surface area contributed by atoms with Crippen LogP contribution >= 0.6 is 0 Å². The van der Waals surface area contributed by atoms with E-state index < -0.39 is 10.8 Å². The average Bonchev–Trinajstić information content (AvgIpc) is 3.84. The topological polar surface area (TPSA) is 9.23 Å². The van der Waals surface area contributed by atoms with Crippen molar-refractivity contribution < 1.29 is 4.74 Å². The van der Waals surface area contributed by atoms with Gasteiger partial charge in [-0.15, -0.1) is 0 Å². The fourth-order valence-corrected chi connectivity index (χ4v) is 11.2. The van der Waals surface area contributed by atoms with Crippen molar-refractivity contribution in [2.75, 3.05) is 0 Å². The monoisotopic (exact) mass is 696 g/mol. The molecule has 4 aliphatic rings. The van der Waals surface area contributed by atoms with E-state index in [2.05, 4.69) is 194 Å². The van der Waals surface area contributed by atoms with Gasteiger partial charge in [-0.1, -0.05) is 182 Å². The fraction of sp³-hybridized carbons (Fsp3) is 0.0370. The molecule has 0 saturated carbocycles. The van der Waals surface area contributed by atoms with Crippen molar-refractivity contribution in [1.82, 2.24) is 0 Å². The number of fused-ring (bicyclic) bond motifs is 21. The predicted molar refractivity (Wildman–Crippen MR) is 223 cm³/mol. The van der Waals surface area contributed by atoms with Gasteiger partial charge in [0.2, 0.25) is 0 Å². The van der Waals surface area contributed by atoms with Crippen LogP contribution in [0.4, 0.5) is 0 Å². The molecule has 0 amide bonds. The minimum Gasteiger partial charge on any atom is -0.456 e. The molecule has 0 saturated heterocycles. The molecular formula is C54H32O. The number of hydrogen-bond acceptors (Lipinski definition) is 1. The first-order valence-corrected chi connectivity index (χ1v) is 19.3. The van der Waals surface area contributed by atoms with Crippen LogP contribution in [0.15, 0.2) is 194 Å². The lowest BCUT2D eigenvalue weighted by atomic mass is 9.65. The standard InChI is InChI=1S/C54H32O/c1-2-15-35-33(14-1)29-31-47-51(35)41-30-28-34(32-49(41)54(47)44-23-9-5-18-39(44)40-19-6-10-24-45(40)54)36-20-13-26-48-52(36)55-50-27-12-11-25-46(50)53(48)42-21-7-3-16-37(42)38-17-4-8-22-43(38)53/h1-32H. The Morgan fingerprint density at radius 3 is 1.47 bits per heavy atom. The lowest BCUT2D eigenvalue weighted by Gasteiger charge is -2.40. The molecule has 0 aromatic heterocycles. The maximum Gasteiger partial charge on any atom is 0.140 e. The molecule has 13 rings (SSSR count). The van der Waals surface area contributed by atoms with Gasteiger partial charge in [-0.3, -0.25) is 0 Å². The normalized spacial score (nSPS) is 15.0. The molecule has 1 aliphatic heterocycles. The molecule has 0 N–H and O–H groups in total. The van der Waals surface area contributed by atoms with Crippen LogP contribution < -0.4 is 4.74 Å². The van der Waals surface area contributed by atoms with E-state index in [9.17, 15) is 0 Å². The van der Waals surface area contributed by atoms with Gasteiger partial charge < -0.3 is 4.74 Å². The second kappa shape index (κ2) is 10.4. The highest BCUT2D eigenvalue weighted by atomic mass is 16.5. The molecule has 1 nitrogen and oxygen atoms in total. The summed E-state index contributed by atoms with van der Waals surface area (Å²) in [7, 11) is 0. The molecule has 9 aromatic carbocycles. The molecule has 55 heavy (non-hydrogen) atoms. The summed E-state index contributed by atoms with van der Waals surface area (Å²) >= 11 is 0. The first kappa shape index (κ1) is 29.5. The Hall–Kier alpha value is -6.96. The Balaban J connectivity index is 1.12. The van der Waals surface area contributed by atoms with E-state index in [4.69, 9.17) is 4.74 Å². The second-order valence-corrected chi connectivity index (χ2v) is 15.4. The summed E-state index contributed by atoms with van der Waals surface area (Å²) in [6.07, 6.45) is 0. The summed E-state index contributed by atoms with van der Waals surface area (Å²) in [6, 6.07) is 72.3. The molecule has 9 aromatic rings. The van der Waals surface area contributed by atoms with Crippen LogP contribution in [0, 0.1) is 0 Å². The molecule has 0 unspecified atom stereocenters. The van der Waals surface area contributed by atoms with E-state index in [-0.39, 0.29) is 0 Å². The van der Waals surface area contributed by atoms with E-state index in [0.717, 1.165) is 22.6 Å². The quantitative estimate of drug-likeness (QED) is 0.166. The number of rotatable bonds is 1. The van der Waals surface area contributed by atoms with Crippen molar-refractivity contribution in [3.8, 4) is 56.0 Å². The van der Waals surface area contributed by atoms with Crippen LogP contribution in [0.2, 0.25) is 0 Å². The lowest BCUT2D eigenvalue weighted by molar-refractivity contribution is 0.438. The fourth-order valence-electron chi connectivity index (χ4n) is 11.2. The highest BCUT2D eigenvalue weighted by molar-refractivity contribution is 6.06. The van der Waals surface area contributed by atoms with Gasteiger partial charge in [-0.2, -0.15) is 0 Å². The third-order valence-corrected chi connectivity index (χ3v) is 13.2. The highest BCUT2D eigenvalue weighted by Crippen LogP contribution is 2.66. The smallest absolute Gasteiger partial charge is 0.140 e. The average molecular weight is 697 g/mol.